The highest BCUT2D eigenvalue weighted by Gasteiger charge is 2.65. The Bertz CT molecular complexity index is 999. The molecular formula is C31H46O4. The average Bonchev–Trinajstić information content (AvgIpc) is 3.08. The van der Waals surface area contributed by atoms with Crippen LogP contribution >= 0.6 is 0 Å². The van der Waals surface area contributed by atoms with Crippen LogP contribution in [-0.4, -0.2) is 24.6 Å². The molecule has 4 rings (SSSR count). The SMILES string of the molecule is COC(=O)/C(C)=C/CC[C@@H](C)[C@H]1CC[C@@]2(C)C3=C(CC[C@]12C)[C@@]1(C)CCC(=O)C(C)(C)[C@H]1CC3=O. The zero-order valence-electron chi connectivity index (χ0n) is 23.3. The maximum absolute atomic E-state index is 13.9. The van der Waals surface area contributed by atoms with Gasteiger partial charge < -0.3 is 4.74 Å². The Labute approximate surface area is 212 Å². The normalized spacial score (nSPS) is 39.6. The number of allylic oxidation sites excluding steroid dienone is 3. The van der Waals surface area contributed by atoms with E-state index in [1.165, 1.54) is 12.7 Å². The number of carbonyl (C=O) groups excluding carboxylic acids is 3. The second-order valence-corrected chi connectivity index (χ2v) is 13.4. The van der Waals surface area contributed by atoms with Crippen molar-refractivity contribution in [3.05, 3.63) is 22.8 Å². The Morgan fingerprint density at radius 1 is 1.09 bits per heavy atom. The van der Waals surface area contributed by atoms with Gasteiger partial charge in [-0.15, -0.1) is 0 Å². The molecule has 0 radical (unpaired) electrons. The molecule has 0 aromatic rings. The molecule has 0 aromatic heterocycles. The van der Waals surface area contributed by atoms with E-state index in [0.717, 1.165) is 50.5 Å². The van der Waals surface area contributed by atoms with Crippen LogP contribution in [0.3, 0.4) is 0 Å². The molecule has 4 aliphatic carbocycles. The maximum atomic E-state index is 13.9. The van der Waals surface area contributed by atoms with Crippen LogP contribution in [-0.2, 0) is 19.1 Å². The zero-order valence-corrected chi connectivity index (χ0v) is 23.3. The summed E-state index contributed by atoms with van der Waals surface area (Å²) in [5, 5.41) is 0. The first kappa shape index (κ1) is 26.4. The average molecular weight is 483 g/mol. The Morgan fingerprint density at radius 2 is 1.77 bits per heavy atom. The molecule has 0 aliphatic heterocycles. The van der Waals surface area contributed by atoms with E-state index in [-0.39, 0.29) is 28.1 Å². The first-order valence-corrected chi connectivity index (χ1v) is 13.8. The third-order valence-electron chi connectivity index (χ3n) is 11.6. The van der Waals surface area contributed by atoms with Gasteiger partial charge in [-0.2, -0.15) is 0 Å². The molecule has 0 saturated heterocycles. The fraction of sp³-hybridized carbons (Fsp3) is 0.774. The molecule has 0 unspecified atom stereocenters. The summed E-state index contributed by atoms with van der Waals surface area (Å²) >= 11 is 0. The number of fused-ring (bicyclic) bond motifs is 4. The van der Waals surface area contributed by atoms with Gasteiger partial charge in [0.25, 0.3) is 0 Å². The van der Waals surface area contributed by atoms with E-state index in [1.807, 2.05) is 13.0 Å². The topological polar surface area (TPSA) is 60.4 Å². The van der Waals surface area contributed by atoms with E-state index in [2.05, 4.69) is 41.5 Å². The Morgan fingerprint density at radius 3 is 2.43 bits per heavy atom. The minimum absolute atomic E-state index is 0.0368. The van der Waals surface area contributed by atoms with E-state index in [4.69, 9.17) is 4.74 Å². The fourth-order valence-electron chi connectivity index (χ4n) is 9.13. The van der Waals surface area contributed by atoms with E-state index >= 15 is 0 Å². The number of rotatable bonds is 5. The highest BCUT2D eigenvalue weighted by Crippen LogP contribution is 2.71. The monoisotopic (exact) mass is 482 g/mol. The molecule has 0 heterocycles. The predicted molar refractivity (Wildman–Crippen MR) is 139 cm³/mol. The van der Waals surface area contributed by atoms with Gasteiger partial charge >= 0.3 is 5.97 Å². The Balaban J connectivity index is 1.63. The van der Waals surface area contributed by atoms with Gasteiger partial charge in [0.15, 0.2) is 5.78 Å². The van der Waals surface area contributed by atoms with Gasteiger partial charge in [-0.3, -0.25) is 9.59 Å². The van der Waals surface area contributed by atoms with Crippen molar-refractivity contribution in [2.75, 3.05) is 7.11 Å². The Kier molecular flexibility index (Phi) is 6.55. The van der Waals surface area contributed by atoms with Crippen LogP contribution in [0.25, 0.3) is 0 Å². The lowest BCUT2D eigenvalue weighted by molar-refractivity contribution is -0.142. The summed E-state index contributed by atoms with van der Waals surface area (Å²) in [6.07, 6.45) is 10.3. The zero-order chi connectivity index (χ0) is 26.0. The summed E-state index contributed by atoms with van der Waals surface area (Å²) in [4.78, 5) is 38.5. The van der Waals surface area contributed by atoms with Crippen molar-refractivity contribution in [2.45, 2.75) is 106 Å². The van der Waals surface area contributed by atoms with Crippen LogP contribution in [0.15, 0.2) is 22.8 Å². The number of ketones is 2. The van der Waals surface area contributed by atoms with Crippen molar-refractivity contribution in [3.8, 4) is 0 Å². The summed E-state index contributed by atoms with van der Waals surface area (Å²) < 4.78 is 4.83. The fourth-order valence-corrected chi connectivity index (χ4v) is 9.13. The number of Topliss-reactive ketones (excluding diaryl/α,β-unsaturated/α-hetero) is 2. The van der Waals surface area contributed by atoms with Crippen molar-refractivity contribution in [1.82, 2.24) is 0 Å². The molecule has 0 N–H and O–H groups in total. The van der Waals surface area contributed by atoms with Crippen molar-refractivity contribution in [1.29, 1.82) is 0 Å². The molecule has 2 saturated carbocycles. The summed E-state index contributed by atoms with van der Waals surface area (Å²) in [5.74, 6) is 1.62. The van der Waals surface area contributed by atoms with Gasteiger partial charge in [0.2, 0.25) is 0 Å². The molecule has 35 heavy (non-hydrogen) atoms. The van der Waals surface area contributed by atoms with Crippen LogP contribution in [0, 0.1) is 39.4 Å². The van der Waals surface area contributed by atoms with E-state index in [1.54, 1.807) is 0 Å². The largest absolute Gasteiger partial charge is 0.466 e. The quantitative estimate of drug-likeness (QED) is 0.312. The lowest BCUT2D eigenvalue weighted by Crippen LogP contribution is -2.56. The van der Waals surface area contributed by atoms with Crippen LogP contribution in [0.2, 0.25) is 0 Å². The number of carbonyl (C=O) groups is 3. The first-order chi connectivity index (χ1) is 16.2. The number of ether oxygens (including phenoxy) is 1. The molecule has 194 valence electrons. The van der Waals surface area contributed by atoms with E-state index in [9.17, 15) is 14.4 Å². The molecule has 0 aromatic carbocycles. The number of methoxy groups -OCH3 is 1. The molecule has 2 fully saturated rings. The number of esters is 1. The summed E-state index contributed by atoms with van der Waals surface area (Å²) in [5.41, 5.74) is 2.80. The van der Waals surface area contributed by atoms with Gasteiger partial charge in [0.05, 0.1) is 7.11 Å². The minimum Gasteiger partial charge on any atom is -0.466 e. The van der Waals surface area contributed by atoms with Crippen molar-refractivity contribution >= 4 is 17.5 Å². The highest BCUT2D eigenvalue weighted by atomic mass is 16.5. The molecule has 0 amide bonds. The molecule has 6 atom stereocenters. The van der Waals surface area contributed by atoms with Crippen LogP contribution in [0.1, 0.15) is 106 Å². The summed E-state index contributed by atoms with van der Waals surface area (Å²) in [7, 11) is 1.43. The van der Waals surface area contributed by atoms with E-state index < -0.39 is 5.41 Å². The van der Waals surface area contributed by atoms with Crippen molar-refractivity contribution < 1.29 is 19.1 Å². The molecular weight excluding hydrogens is 436 g/mol. The van der Waals surface area contributed by atoms with Crippen LogP contribution in [0.4, 0.5) is 0 Å². The van der Waals surface area contributed by atoms with Crippen molar-refractivity contribution in [2.24, 2.45) is 39.4 Å². The second-order valence-electron chi connectivity index (χ2n) is 13.4. The minimum atomic E-state index is -0.425. The first-order valence-electron chi connectivity index (χ1n) is 13.8. The molecule has 0 bridgehead atoms. The Hall–Kier alpha value is -1.71. The van der Waals surface area contributed by atoms with Gasteiger partial charge in [0, 0.05) is 34.8 Å². The molecule has 0 spiro atoms. The van der Waals surface area contributed by atoms with Gasteiger partial charge in [-0.05, 0) is 80.5 Å². The third kappa shape index (κ3) is 3.72. The van der Waals surface area contributed by atoms with Gasteiger partial charge in [-0.1, -0.05) is 53.2 Å². The van der Waals surface area contributed by atoms with Crippen LogP contribution < -0.4 is 0 Å². The van der Waals surface area contributed by atoms with E-state index in [0.29, 0.717) is 41.8 Å². The maximum Gasteiger partial charge on any atom is 0.333 e. The highest BCUT2D eigenvalue weighted by molar-refractivity contribution is 6.00. The second kappa shape index (κ2) is 8.70. The predicted octanol–water partition coefficient (Wildman–Crippen LogP) is 7.02. The van der Waals surface area contributed by atoms with Crippen LogP contribution in [0.5, 0.6) is 0 Å². The molecule has 4 nitrogen and oxygen atoms in total. The summed E-state index contributed by atoms with van der Waals surface area (Å²) in [6, 6.07) is 0. The lowest BCUT2D eigenvalue weighted by Gasteiger charge is -2.60. The molecule has 4 heteroatoms. The van der Waals surface area contributed by atoms with Gasteiger partial charge in [-0.25, -0.2) is 4.79 Å². The number of hydrogen-bond acceptors (Lipinski definition) is 4. The van der Waals surface area contributed by atoms with Crippen molar-refractivity contribution in [3.63, 3.8) is 0 Å². The smallest absolute Gasteiger partial charge is 0.333 e. The number of hydrogen-bond donors (Lipinski definition) is 0. The lowest BCUT2D eigenvalue weighted by atomic mass is 9.43. The van der Waals surface area contributed by atoms with Gasteiger partial charge in [0.1, 0.15) is 5.78 Å². The standard InChI is InChI=1S/C31H46O4/c1-19(10-9-11-20(2)27(34)35-8)21-12-17-31(7)26-22(13-16-30(21,31)6)29(5)15-14-25(33)28(3,4)24(29)18-23(26)32/h11,19,21,24H,9-10,12-18H2,1-8H3/b20-11+/t19-,21-,24-,29-,30-,31+/m1/s1. The summed E-state index contributed by atoms with van der Waals surface area (Å²) in [6.45, 7) is 15.5. The third-order valence-corrected chi connectivity index (χ3v) is 11.6. The molecule has 4 aliphatic rings.